The molecule has 0 aromatic heterocycles. The van der Waals surface area contributed by atoms with Crippen LogP contribution < -0.4 is 19.1 Å². The molecule has 2 aromatic rings. The number of carbonyl (C=O) groups is 1. The molecule has 0 saturated heterocycles. The van der Waals surface area contributed by atoms with Crippen LogP contribution in [0.2, 0.25) is 0 Å². The van der Waals surface area contributed by atoms with Crippen molar-refractivity contribution < 1.29 is 27.8 Å². The maximum atomic E-state index is 12.8. The molecule has 1 aliphatic heterocycles. The second-order valence-corrected chi connectivity index (χ2v) is 6.44. The van der Waals surface area contributed by atoms with Gasteiger partial charge in [0.1, 0.15) is 11.9 Å². The Morgan fingerprint density at radius 1 is 1.30 bits per heavy atom. The van der Waals surface area contributed by atoms with E-state index in [9.17, 15) is 13.6 Å². The van der Waals surface area contributed by atoms with Gasteiger partial charge in [0, 0.05) is 6.54 Å². The smallest absolute Gasteiger partial charge is 0.387 e. The number of methoxy groups -OCH3 is 1. The van der Waals surface area contributed by atoms with Crippen molar-refractivity contribution in [1.29, 1.82) is 0 Å². The van der Waals surface area contributed by atoms with Gasteiger partial charge in [-0.05, 0) is 48.4 Å². The Hall–Kier alpha value is -2.54. The Balaban J connectivity index is 2.03. The van der Waals surface area contributed by atoms with Crippen LogP contribution in [0, 0.1) is 0 Å². The van der Waals surface area contributed by atoms with Crippen LogP contribution in [0.4, 0.5) is 14.5 Å². The minimum Gasteiger partial charge on any atom is -0.497 e. The van der Waals surface area contributed by atoms with Gasteiger partial charge in [0.25, 0.3) is 5.24 Å². The number of anilines is 1. The van der Waals surface area contributed by atoms with E-state index in [-0.39, 0.29) is 23.2 Å². The SMILES string of the molecule is COc1ccc(CN2CC(C)Oc3c(OC(F)F)ccc(C(=O)Cl)c32)cc1. The molecular formula is C19H18ClF2NO4. The number of fused-ring (bicyclic) bond motifs is 1. The molecule has 0 bridgehead atoms. The number of hydrogen-bond acceptors (Lipinski definition) is 5. The summed E-state index contributed by atoms with van der Waals surface area (Å²) in [5.41, 5.74) is 1.47. The fourth-order valence-electron chi connectivity index (χ4n) is 3.06. The second-order valence-electron chi connectivity index (χ2n) is 6.10. The topological polar surface area (TPSA) is 48.0 Å². The molecule has 0 fully saturated rings. The van der Waals surface area contributed by atoms with Crippen molar-refractivity contribution in [3.63, 3.8) is 0 Å². The molecule has 0 saturated carbocycles. The number of nitrogens with zero attached hydrogens (tertiary/aromatic N) is 1. The van der Waals surface area contributed by atoms with Gasteiger partial charge < -0.3 is 19.1 Å². The Morgan fingerprint density at radius 2 is 2.00 bits per heavy atom. The number of hydrogen-bond donors (Lipinski definition) is 0. The van der Waals surface area contributed by atoms with Gasteiger partial charge in [0.2, 0.25) is 0 Å². The molecule has 0 aliphatic carbocycles. The van der Waals surface area contributed by atoms with E-state index in [0.29, 0.717) is 18.8 Å². The molecule has 0 radical (unpaired) electrons. The van der Waals surface area contributed by atoms with E-state index in [4.69, 9.17) is 21.1 Å². The lowest BCUT2D eigenvalue weighted by atomic mass is 10.1. The van der Waals surface area contributed by atoms with Gasteiger partial charge in [-0.3, -0.25) is 4.79 Å². The highest BCUT2D eigenvalue weighted by Crippen LogP contribution is 2.45. The van der Waals surface area contributed by atoms with Crippen molar-refractivity contribution >= 4 is 22.5 Å². The van der Waals surface area contributed by atoms with Crippen molar-refractivity contribution in [3.8, 4) is 17.2 Å². The first-order valence-electron chi connectivity index (χ1n) is 8.25. The lowest BCUT2D eigenvalue weighted by Gasteiger charge is -2.36. The zero-order chi connectivity index (χ0) is 19.6. The van der Waals surface area contributed by atoms with Gasteiger partial charge in [-0.2, -0.15) is 8.78 Å². The van der Waals surface area contributed by atoms with Gasteiger partial charge in [-0.25, -0.2) is 0 Å². The van der Waals surface area contributed by atoms with Crippen LogP contribution in [0.3, 0.4) is 0 Å². The summed E-state index contributed by atoms with van der Waals surface area (Å²) < 4.78 is 41.0. The number of carbonyl (C=O) groups excluding carboxylic acids is 1. The first-order chi connectivity index (χ1) is 12.9. The Kier molecular flexibility index (Phi) is 5.70. The van der Waals surface area contributed by atoms with Gasteiger partial charge in [0.15, 0.2) is 11.5 Å². The van der Waals surface area contributed by atoms with Gasteiger partial charge in [0.05, 0.1) is 24.9 Å². The molecule has 1 unspecified atom stereocenters. The molecular weight excluding hydrogens is 380 g/mol. The highest BCUT2D eigenvalue weighted by Gasteiger charge is 2.31. The van der Waals surface area contributed by atoms with Crippen molar-refractivity contribution in [3.05, 3.63) is 47.5 Å². The molecule has 144 valence electrons. The number of alkyl halides is 2. The summed E-state index contributed by atoms with van der Waals surface area (Å²) in [5, 5.41) is -0.701. The van der Waals surface area contributed by atoms with E-state index < -0.39 is 11.9 Å². The molecule has 8 heteroatoms. The lowest BCUT2D eigenvalue weighted by Crippen LogP contribution is -2.39. The quantitative estimate of drug-likeness (QED) is 0.673. The van der Waals surface area contributed by atoms with Gasteiger partial charge >= 0.3 is 6.61 Å². The highest BCUT2D eigenvalue weighted by molar-refractivity contribution is 6.68. The Labute approximate surface area is 160 Å². The molecule has 3 rings (SSSR count). The predicted molar refractivity (Wildman–Crippen MR) is 97.4 cm³/mol. The maximum absolute atomic E-state index is 12.8. The van der Waals surface area contributed by atoms with Crippen molar-refractivity contribution in [2.24, 2.45) is 0 Å². The largest absolute Gasteiger partial charge is 0.497 e. The molecule has 0 spiro atoms. The van der Waals surface area contributed by atoms with E-state index in [1.54, 1.807) is 7.11 Å². The van der Waals surface area contributed by atoms with Crippen molar-refractivity contribution in [2.75, 3.05) is 18.6 Å². The molecule has 1 atom stereocenters. The standard InChI is InChI=1S/C19H18ClF2NO4/c1-11-9-23(10-12-3-5-13(25-2)6-4-12)16-14(18(20)24)7-8-15(17(16)26-11)27-19(21)22/h3-8,11,19H,9-10H2,1-2H3. The third-order valence-corrected chi connectivity index (χ3v) is 4.37. The number of benzene rings is 2. The summed E-state index contributed by atoms with van der Waals surface area (Å²) in [6, 6.07) is 10.1. The molecule has 0 N–H and O–H groups in total. The lowest BCUT2D eigenvalue weighted by molar-refractivity contribution is -0.0520. The summed E-state index contributed by atoms with van der Waals surface area (Å²) in [7, 11) is 1.58. The first kappa shape index (κ1) is 19.2. The fraction of sp³-hybridized carbons (Fsp3) is 0.316. The minimum absolute atomic E-state index is 0.0917. The number of ether oxygens (including phenoxy) is 3. The second kappa shape index (κ2) is 8.00. The van der Waals surface area contributed by atoms with E-state index in [0.717, 1.165) is 11.3 Å². The molecule has 1 heterocycles. The average molecular weight is 398 g/mol. The summed E-state index contributed by atoms with van der Waals surface area (Å²) in [6.07, 6.45) is -0.295. The van der Waals surface area contributed by atoms with Crippen molar-refractivity contribution in [2.45, 2.75) is 26.2 Å². The normalized spacial score (nSPS) is 15.9. The van der Waals surface area contributed by atoms with Crippen LogP contribution in [0.25, 0.3) is 0 Å². The Morgan fingerprint density at radius 3 is 2.59 bits per heavy atom. The highest BCUT2D eigenvalue weighted by atomic mass is 35.5. The summed E-state index contributed by atoms with van der Waals surface area (Å²) in [5.74, 6) is 0.681. The zero-order valence-corrected chi connectivity index (χ0v) is 15.5. The van der Waals surface area contributed by atoms with E-state index in [1.807, 2.05) is 36.1 Å². The van der Waals surface area contributed by atoms with Crippen molar-refractivity contribution in [1.82, 2.24) is 0 Å². The number of rotatable bonds is 6. The summed E-state index contributed by atoms with van der Waals surface area (Å²) >= 11 is 5.72. The number of halogens is 3. The molecule has 0 amide bonds. The predicted octanol–water partition coefficient (Wildman–Crippen LogP) is 4.46. The molecule has 1 aliphatic rings. The summed E-state index contributed by atoms with van der Waals surface area (Å²) in [4.78, 5) is 13.8. The summed E-state index contributed by atoms with van der Waals surface area (Å²) in [6.45, 7) is -0.317. The fourth-order valence-corrected chi connectivity index (χ4v) is 3.22. The van der Waals surface area contributed by atoms with E-state index in [2.05, 4.69) is 4.74 Å². The first-order valence-corrected chi connectivity index (χ1v) is 8.63. The minimum atomic E-state index is -3.01. The van der Waals surface area contributed by atoms with Gasteiger partial charge in [-0.15, -0.1) is 0 Å². The third kappa shape index (κ3) is 4.24. The maximum Gasteiger partial charge on any atom is 0.387 e. The van der Waals surface area contributed by atoms with Crippen LogP contribution in [-0.2, 0) is 6.54 Å². The van der Waals surface area contributed by atoms with Crippen LogP contribution in [0.15, 0.2) is 36.4 Å². The van der Waals surface area contributed by atoms with Gasteiger partial charge in [-0.1, -0.05) is 12.1 Å². The van der Waals surface area contributed by atoms with Crippen LogP contribution >= 0.6 is 11.6 Å². The van der Waals surface area contributed by atoms with Crippen LogP contribution in [0.1, 0.15) is 22.8 Å². The third-order valence-electron chi connectivity index (χ3n) is 4.17. The van der Waals surface area contributed by atoms with Crippen LogP contribution in [-0.4, -0.2) is 31.6 Å². The average Bonchev–Trinajstić information content (AvgIpc) is 2.62. The molecule has 5 nitrogen and oxygen atoms in total. The monoisotopic (exact) mass is 397 g/mol. The van der Waals surface area contributed by atoms with Crippen LogP contribution in [0.5, 0.6) is 17.2 Å². The zero-order valence-electron chi connectivity index (χ0n) is 14.7. The Bertz CT molecular complexity index is 829. The molecule has 2 aromatic carbocycles. The molecule has 27 heavy (non-hydrogen) atoms. The van der Waals surface area contributed by atoms with E-state index >= 15 is 0 Å². The van der Waals surface area contributed by atoms with E-state index in [1.165, 1.54) is 12.1 Å².